The van der Waals surface area contributed by atoms with Gasteiger partial charge in [0.2, 0.25) is 5.13 Å². The first-order valence-electron chi connectivity index (χ1n) is 14.4. The van der Waals surface area contributed by atoms with Gasteiger partial charge in [0, 0.05) is 51.9 Å². The van der Waals surface area contributed by atoms with E-state index in [9.17, 15) is 0 Å². The highest BCUT2D eigenvalue weighted by molar-refractivity contribution is 7.13. The Labute approximate surface area is 256 Å². The Hall–Kier alpha value is -5.15. The molecule has 0 saturated heterocycles. The van der Waals surface area contributed by atoms with Crippen LogP contribution in [-0.4, -0.2) is 18.1 Å². The first-order chi connectivity index (χ1) is 21.1. The van der Waals surface area contributed by atoms with E-state index in [2.05, 4.69) is 124 Å². The normalized spacial score (nSPS) is 11.6. The Kier molecular flexibility index (Phi) is 8.33. The van der Waals surface area contributed by atoms with Crippen LogP contribution in [0.2, 0.25) is 0 Å². The number of hydrazine groups is 3. The van der Waals surface area contributed by atoms with Gasteiger partial charge in [-0.15, -0.1) is 11.3 Å². The van der Waals surface area contributed by atoms with E-state index < -0.39 is 0 Å². The molecule has 0 radical (unpaired) electrons. The molecule has 0 saturated carbocycles. The molecule has 9 heteroatoms. The Morgan fingerprint density at radius 3 is 1.65 bits per heavy atom. The molecule has 0 aliphatic heterocycles. The Morgan fingerprint density at radius 2 is 1.14 bits per heavy atom. The molecule has 0 spiro atoms. The molecule has 0 fully saturated rings. The van der Waals surface area contributed by atoms with E-state index in [-0.39, 0.29) is 0 Å². The molecule has 218 valence electrons. The van der Waals surface area contributed by atoms with E-state index >= 15 is 0 Å². The first-order valence-corrected chi connectivity index (χ1v) is 15.3. The number of fused-ring (bicyclic) bond motifs is 2. The van der Waals surface area contributed by atoms with E-state index in [1.54, 1.807) is 17.5 Å². The van der Waals surface area contributed by atoms with Crippen LogP contribution in [0.1, 0.15) is 20.3 Å². The summed E-state index contributed by atoms with van der Waals surface area (Å²) in [7, 11) is 1.95. The van der Waals surface area contributed by atoms with Crippen LogP contribution in [0, 0.1) is 0 Å². The molecule has 0 amide bonds. The second-order valence-corrected chi connectivity index (χ2v) is 11.3. The zero-order valence-electron chi connectivity index (χ0n) is 24.5. The van der Waals surface area contributed by atoms with Crippen LogP contribution in [-0.2, 0) is 0 Å². The average Bonchev–Trinajstić information content (AvgIpc) is 3.60. The zero-order chi connectivity index (χ0) is 29.6. The Morgan fingerprint density at radius 1 is 0.651 bits per heavy atom. The van der Waals surface area contributed by atoms with E-state index in [1.165, 1.54) is 5.39 Å². The minimum atomic E-state index is 0.408. The SMILES string of the molecule is CCC(C)Nc1ccc(NNc2ccc(NNc3ccc(NN(C)c4nccs4)cc3)c3ccccc23)c2ccccc12. The topological polar surface area (TPSA) is 88.3 Å². The molecular formula is C34H36N8S. The van der Waals surface area contributed by atoms with Crippen LogP contribution in [0.3, 0.4) is 0 Å². The number of hydrogen-bond acceptors (Lipinski definition) is 9. The minimum Gasteiger partial charge on any atom is -0.382 e. The fraction of sp³-hybridized carbons (Fsp3) is 0.147. The van der Waals surface area contributed by atoms with Gasteiger partial charge >= 0.3 is 0 Å². The lowest BCUT2D eigenvalue weighted by Gasteiger charge is -2.20. The molecular weight excluding hydrogens is 552 g/mol. The molecule has 1 atom stereocenters. The lowest BCUT2D eigenvalue weighted by atomic mass is 10.1. The minimum absolute atomic E-state index is 0.408. The molecule has 0 bridgehead atoms. The summed E-state index contributed by atoms with van der Waals surface area (Å²) in [6, 6.07) is 33.8. The molecule has 5 aromatic carbocycles. The second-order valence-electron chi connectivity index (χ2n) is 10.4. The van der Waals surface area contributed by atoms with Crippen LogP contribution >= 0.6 is 11.3 Å². The Balaban J connectivity index is 1.15. The number of nitrogens with zero attached hydrogens (tertiary/aromatic N) is 2. The van der Waals surface area contributed by atoms with Gasteiger partial charge < -0.3 is 27.0 Å². The molecule has 0 aliphatic rings. The third kappa shape index (κ3) is 6.37. The smallest absolute Gasteiger partial charge is 0.203 e. The third-order valence-corrected chi connectivity index (χ3v) is 8.27. The summed E-state index contributed by atoms with van der Waals surface area (Å²) < 4.78 is 0. The van der Waals surface area contributed by atoms with Crippen molar-refractivity contribution < 1.29 is 0 Å². The predicted octanol–water partition coefficient (Wildman–Crippen LogP) is 9.00. The first kappa shape index (κ1) is 28.0. The van der Waals surface area contributed by atoms with Crippen molar-refractivity contribution in [3.8, 4) is 0 Å². The van der Waals surface area contributed by atoms with Gasteiger partial charge in [0.25, 0.3) is 0 Å². The molecule has 0 aliphatic carbocycles. The Bertz CT molecular complexity index is 1800. The maximum atomic E-state index is 4.33. The van der Waals surface area contributed by atoms with Gasteiger partial charge in [-0.3, -0.25) is 10.4 Å². The highest BCUT2D eigenvalue weighted by Crippen LogP contribution is 2.33. The quantitative estimate of drug-likeness (QED) is 0.0790. The number of benzene rings is 5. The van der Waals surface area contributed by atoms with E-state index in [0.717, 1.165) is 61.8 Å². The third-order valence-electron chi connectivity index (χ3n) is 7.42. The molecule has 1 aromatic heterocycles. The molecule has 6 aromatic rings. The van der Waals surface area contributed by atoms with Gasteiger partial charge in [0.1, 0.15) is 0 Å². The summed E-state index contributed by atoms with van der Waals surface area (Å²) in [5.41, 5.74) is 23.1. The van der Waals surface area contributed by atoms with Crippen LogP contribution in [0.15, 0.2) is 109 Å². The summed E-state index contributed by atoms with van der Waals surface area (Å²) in [4.78, 5) is 4.33. The number of rotatable bonds is 12. The van der Waals surface area contributed by atoms with E-state index in [0.29, 0.717) is 6.04 Å². The average molecular weight is 589 g/mol. The fourth-order valence-electron chi connectivity index (χ4n) is 4.94. The molecule has 1 unspecified atom stereocenters. The maximum absolute atomic E-state index is 4.33. The number of thiazole rings is 1. The van der Waals surface area contributed by atoms with Gasteiger partial charge in [-0.25, -0.2) is 4.98 Å². The highest BCUT2D eigenvalue weighted by atomic mass is 32.1. The van der Waals surface area contributed by atoms with Crippen LogP contribution in [0.25, 0.3) is 21.5 Å². The molecule has 43 heavy (non-hydrogen) atoms. The van der Waals surface area contributed by atoms with Crippen LogP contribution in [0.4, 0.5) is 39.3 Å². The monoisotopic (exact) mass is 588 g/mol. The van der Waals surface area contributed by atoms with E-state index in [1.807, 2.05) is 41.7 Å². The van der Waals surface area contributed by atoms with Gasteiger partial charge in [0.05, 0.1) is 28.4 Å². The van der Waals surface area contributed by atoms with Gasteiger partial charge in [0.15, 0.2) is 0 Å². The lowest BCUT2D eigenvalue weighted by molar-refractivity contribution is 0.765. The number of nitrogens with one attached hydrogen (secondary N) is 6. The van der Waals surface area contributed by atoms with Gasteiger partial charge in [-0.05, 0) is 61.9 Å². The largest absolute Gasteiger partial charge is 0.382 e. The molecule has 1 heterocycles. The number of anilines is 7. The van der Waals surface area contributed by atoms with Crippen molar-refractivity contribution in [1.82, 2.24) is 4.98 Å². The number of aromatic nitrogens is 1. The van der Waals surface area contributed by atoms with Crippen molar-refractivity contribution in [3.63, 3.8) is 0 Å². The van der Waals surface area contributed by atoms with Crippen molar-refractivity contribution in [1.29, 1.82) is 0 Å². The van der Waals surface area contributed by atoms with Gasteiger partial charge in [-0.1, -0.05) is 55.5 Å². The van der Waals surface area contributed by atoms with Crippen molar-refractivity contribution in [2.45, 2.75) is 26.3 Å². The van der Waals surface area contributed by atoms with Crippen molar-refractivity contribution >= 4 is 72.1 Å². The molecule has 6 rings (SSSR count). The zero-order valence-corrected chi connectivity index (χ0v) is 25.3. The molecule has 6 N–H and O–H groups in total. The summed E-state index contributed by atoms with van der Waals surface area (Å²) in [5, 5.41) is 13.0. The van der Waals surface area contributed by atoms with Crippen molar-refractivity contribution in [2.75, 3.05) is 44.5 Å². The number of hydrogen-bond donors (Lipinski definition) is 6. The second kappa shape index (κ2) is 12.8. The fourth-order valence-corrected chi connectivity index (χ4v) is 5.51. The standard InChI is InChI=1S/C34H36N8S/c1-4-23(2)36-30-17-18-32(27-10-6-5-9-26(27)30)39-40-33-20-19-31(28-11-7-8-12-29(28)33)38-37-24-13-15-25(16-14-24)41-42(3)34-35-21-22-43-34/h5-23,36-41H,4H2,1-3H3. The summed E-state index contributed by atoms with van der Waals surface area (Å²) in [6.45, 7) is 4.40. The lowest BCUT2D eigenvalue weighted by Crippen LogP contribution is -2.24. The van der Waals surface area contributed by atoms with Crippen molar-refractivity contribution in [2.24, 2.45) is 0 Å². The maximum Gasteiger partial charge on any atom is 0.203 e. The highest BCUT2D eigenvalue weighted by Gasteiger charge is 2.10. The molecule has 8 nitrogen and oxygen atoms in total. The van der Waals surface area contributed by atoms with Crippen LogP contribution < -0.4 is 37.5 Å². The van der Waals surface area contributed by atoms with Crippen molar-refractivity contribution in [3.05, 3.63) is 109 Å². The van der Waals surface area contributed by atoms with Gasteiger partial charge in [-0.2, -0.15) is 0 Å². The predicted molar refractivity (Wildman–Crippen MR) is 186 cm³/mol. The summed E-state index contributed by atoms with van der Waals surface area (Å²) in [6.07, 6.45) is 2.87. The summed E-state index contributed by atoms with van der Waals surface area (Å²) in [5.74, 6) is 0. The van der Waals surface area contributed by atoms with E-state index in [4.69, 9.17) is 0 Å². The van der Waals surface area contributed by atoms with Crippen LogP contribution in [0.5, 0.6) is 0 Å². The summed E-state index contributed by atoms with van der Waals surface area (Å²) >= 11 is 1.58.